The van der Waals surface area contributed by atoms with Crippen molar-refractivity contribution in [3.05, 3.63) is 66.9 Å². The van der Waals surface area contributed by atoms with E-state index in [0.29, 0.717) is 11.6 Å². The summed E-state index contributed by atoms with van der Waals surface area (Å²) in [6.45, 7) is 0.935. The van der Waals surface area contributed by atoms with Crippen molar-refractivity contribution in [2.75, 3.05) is 11.4 Å². The maximum absolute atomic E-state index is 5.80. The molecule has 0 aliphatic carbocycles. The summed E-state index contributed by atoms with van der Waals surface area (Å²) in [5.41, 5.74) is 0.973. The summed E-state index contributed by atoms with van der Waals surface area (Å²) in [5.74, 6) is 2.00. The first kappa shape index (κ1) is 14.6. The van der Waals surface area contributed by atoms with Gasteiger partial charge in [0.15, 0.2) is 0 Å². The molecule has 0 spiro atoms. The van der Waals surface area contributed by atoms with Crippen LogP contribution in [-0.4, -0.2) is 26.5 Å². The molecule has 120 valence electrons. The lowest BCUT2D eigenvalue weighted by atomic mass is 10.1. The van der Waals surface area contributed by atoms with Crippen LogP contribution < -0.4 is 9.64 Å². The molecule has 1 aliphatic heterocycles. The first-order valence-corrected chi connectivity index (χ1v) is 7.99. The maximum Gasteiger partial charge on any atom is 0.225 e. The van der Waals surface area contributed by atoms with Gasteiger partial charge in [-0.1, -0.05) is 6.07 Å². The summed E-state index contributed by atoms with van der Waals surface area (Å²) >= 11 is 0. The van der Waals surface area contributed by atoms with Crippen LogP contribution in [-0.2, 0) is 0 Å². The van der Waals surface area contributed by atoms with E-state index in [2.05, 4.69) is 24.8 Å². The fourth-order valence-corrected chi connectivity index (χ4v) is 2.95. The van der Waals surface area contributed by atoms with Crippen molar-refractivity contribution in [3.63, 3.8) is 0 Å². The summed E-state index contributed by atoms with van der Waals surface area (Å²) in [6.07, 6.45) is 9.06. The second-order valence-corrected chi connectivity index (χ2v) is 5.59. The molecule has 1 saturated heterocycles. The second kappa shape index (κ2) is 6.62. The molecule has 6 nitrogen and oxygen atoms in total. The highest BCUT2D eigenvalue weighted by atomic mass is 16.5. The fourth-order valence-electron chi connectivity index (χ4n) is 2.95. The van der Waals surface area contributed by atoms with E-state index < -0.39 is 0 Å². The third-order valence-corrected chi connectivity index (χ3v) is 4.01. The number of aromatic nitrogens is 4. The van der Waals surface area contributed by atoms with Crippen LogP contribution in [0.4, 0.5) is 5.95 Å². The van der Waals surface area contributed by atoms with E-state index in [1.165, 1.54) is 0 Å². The zero-order valence-electron chi connectivity index (χ0n) is 13.1. The van der Waals surface area contributed by atoms with E-state index >= 15 is 0 Å². The van der Waals surface area contributed by atoms with Gasteiger partial charge in [-0.3, -0.25) is 4.98 Å². The Kier molecular flexibility index (Phi) is 4.02. The van der Waals surface area contributed by atoms with Crippen LogP contribution in [0.25, 0.3) is 0 Å². The summed E-state index contributed by atoms with van der Waals surface area (Å²) in [4.78, 5) is 19.7. The van der Waals surface area contributed by atoms with Gasteiger partial charge >= 0.3 is 0 Å². The van der Waals surface area contributed by atoms with Gasteiger partial charge in [0.2, 0.25) is 11.8 Å². The highest BCUT2D eigenvalue weighted by Crippen LogP contribution is 2.34. The summed E-state index contributed by atoms with van der Waals surface area (Å²) in [5, 5.41) is 0. The highest BCUT2D eigenvalue weighted by Gasteiger charge is 2.29. The zero-order chi connectivity index (χ0) is 16.2. The Bertz CT molecular complexity index is 797. The number of pyridine rings is 2. The quantitative estimate of drug-likeness (QED) is 0.734. The Morgan fingerprint density at radius 3 is 2.75 bits per heavy atom. The molecule has 0 unspecified atom stereocenters. The van der Waals surface area contributed by atoms with Crippen molar-refractivity contribution in [2.24, 2.45) is 0 Å². The maximum atomic E-state index is 5.80. The van der Waals surface area contributed by atoms with Gasteiger partial charge < -0.3 is 9.64 Å². The summed E-state index contributed by atoms with van der Waals surface area (Å²) in [7, 11) is 0. The van der Waals surface area contributed by atoms with Crippen LogP contribution in [0.2, 0.25) is 0 Å². The standard InChI is InChI=1S/C18H17N5O/c1-6-15(22-17(8-1)24-14-5-2-9-19-13-14)16-7-3-12-23(16)18-20-10-4-11-21-18/h1-2,4-6,8-11,13,16H,3,7,12H2/t16-/m0/s1. The Balaban J connectivity index is 1.58. The Morgan fingerprint density at radius 2 is 1.92 bits per heavy atom. The van der Waals surface area contributed by atoms with E-state index in [1.807, 2.05) is 36.4 Å². The van der Waals surface area contributed by atoms with Crippen LogP contribution in [0.5, 0.6) is 11.6 Å². The third kappa shape index (κ3) is 3.03. The van der Waals surface area contributed by atoms with E-state index in [1.54, 1.807) is 24.8 Å². The van der Waals surface area contributed by atoms with E-state index in [9.17, 15) is 0 Å². The van der Waals surface area contributed by atoms with Crippen molar-refractivity contribution >= 4 is 5.95 Å². The number of ether oxygens (including phenoxy) is 1. The molecule has 4 rings (SSSR count). The SMILES string of the molecule is c1cnc(N2CCC[C@H]2c2cccc(Oc3cccnc3)n2)nc1. The van der Waals surface area contributed by atoms with Crippen LogP contribution in [0.1, 0.15) is 24.6 Å². The van der Waals surface area contributed by atoms with Gasteiger partial charge in [-0.05, 0) is 37.1 Å². The van der Waals surface area contributed by atoms with Gasteiger partial charge in [0, 0.05) is 31.2 Å². The van der Waals surface area contributed by atoms with Crippen LogP contribution in [0.15, 0.2) is 61.2 Å². The minimum atomic E-state index is 0.171. The van der Waals surface area contributed by atoms with Gasteiger partial charge in [0.25, 0.3) is 0 Å². The smallest absolute Gasteiger partial charge is 0.225 e. The predicted octanol–water partition coefficient (Wildman–Crippen LogP) is 3.40. The highest BCUT2D eigenvalue weighted by molar-refractivity contribution is 5.37. The Labute approximate surface area is 140 Å². The third-order valence-electron chi connectivity index (χ3n) is 4.01. The molecule has 0 radical (unpaired) electrons. The Hall–Kier alpha value is -3.02. The molecule has 1 fully saturated rings. The normalized spacial score (nSPS) is 17.0. The lowest BCUT2D eigenvalue weighted by Crippen LogP contribution is -2.25. The van der Waals surface area contributed by atoms with E-state index in [-0.39, 0.29) is 6.04 Å². The summed E-state index contributed by atoms with van der Waals surface area (Å²) in [6, 6.07) is 11.6. The van der Waals surface area contributed by atoms with Crippen molar-refractivity contribution in [1.82, 2.24) is 19.9 Å². The monoisotopic (exact) mass is 319 g/mol. The van der Waals surface area contributed by atoms with Gasteiger partial charge in [-0.2, -0.15) is 0 Å². The predicted molar refractivity (Wildman–Crippen MR) is 89.9 cm³/mol. The van der Waals surface area contributed by atoms with Crippen molar-refractivity contribution in [2.45, 2.75) is 18.9 Å². The molecule has 6 heteroatoms. The molecular weight excluding hydrogens is 302 g/mol. The van der Waals surface area contributed by atoms with Gasteiger partial charge in [-0.15, -0.1) is 0 Å². The number of rotatable bonds is 4. The van der Waals surface area contributed by atoms with Crippen LogP contribution in [0.3, 0.4) is 0 Å². The zero-order valence-corrected chi connectivity index (χ0v) is 13.1. The molecule has 3 aromatic heterocycles. The van der Waals surface area contributed by atoms with Gasteiger partial charge in [0.1, 0.15) is 5.75 Å². The van der Waals surface area contributed by atoms with Crippen molar-refractivity contribution in [1.29, 1.82) is 0 Å². The second-order valence-electron chi connectivity index (χ2n) is 5.59. The molecule has 0 N–H and O–H groups in total. The average molecular weight is 319 g/mol. The lowest BCUT2D eigenvalue weighted by Gasteiger charge is -2.24. The van der Waals surface area contributed by atoms with Crippen molar-refractivity contribution in [3.8, 4) is 11.6 Å². The van der Waals surface area contributed by atoms with Gasteiger partial charge in [-0.25, -0.2) is 15.0 Å². The fraction of sp³-hybridized carbons (Fsp3) is 0.222. The first-order chi connectivity index (χ1) is 11.9. The summed E-state index contributed by atoms with van der Waals surface area (Å²) < 4.78 is 5.80. The minimum Gasteiger partial charge on any atom is -0.437 e. The largest absolute Gasteiger partial charge is 0.437 e. The number of nitrogens with zero attached hydrogens (tertiary/aromatic N) is 5. The minimum absolute atomic E-state index is 0.171. The topological polar surface area (TPSA) is 64.0 Å². The molecule has 0 saturated carbocycles. The molecule has 4 heterocycles. The molecule has 0 aromatic carbocycles. The van der Waals surface area contributed by atoms with E-state index in [4.69, 9.17) is 4.74 Å². The first-order valence-electron chi connectivity index (χ1n) is 7.99. The number of hydrogen-bond acceptors (Lipinski definition) is 6. The van der Waals surface area contributed by atoms with Gasteiger partial charge in [0.05, 0.1) is 17.9 Å². The molecule has 1 atom stereocenters. The molecule has 24 heavy (non-hydrogen) atoms. The number of hydrogen-bond donors (Lipinski definition) is 0. The van der Waals surface area contributed by atoms with Crippen LogP contribution in [0, 0.1) is 0 Å². The molecule has 3 aromatic rings. The average Bonchev–Trinajstić information content (AvgIpc) is 3.13. The van der Waals surface area contributed by atoms with Crippen molar-refractivity contribution < 1.29 is 4.74 Å². The Morgan fingerprint density at radius 1 is 1.00 bits per heavy atom. The van der Waals surface area contributed by atoms with E-state index in [0.717, 1.165) is 31.0 Å². The molecule has 1 aliphatic rings. The van der Waals surface area contributed by atoms with Crippen LogP contribution >= 0.6 is 0 Å². The molecular formula is C18H17N5O. The molecule has 0 bridgehead atoms. The lowest BCUT2D eigenvalue weighted by molar-refractivity contribution is 0.456. The number of anilines is 1. The molecule has 0 amide bonds.